The molecule has 6 heteroatoms. The Balaban J connectivity index is 0.00000338. The van der Waals surface area contributed by atoms with Crippen LogP contribution in [0.1, 0.15) is 52.1 Å². The van der Waals surface area contributed by atoms with Gasteiger partial charge in [-0.15, -0.1) is 24.0 Å². The number of benzene rings is 1. The summed E-state index contributed by atoms with van der Waals surface area (Å²) in [5.74, 6) is 1.78. The van der Waals surface area contributed by atoms with Crippen molar-refractivity contribution >= 4 is 29.9 Å². The molecule has 5 nitrogen and oxygen atoms in total. The number of methoxy groups -OCH3 is 1. The van der Waals surface area contributed by atoms with Gasteiger partial charge in [0.2, 0.25) is 0 Å². The molecule has 0 bridgehead atoms. The van der Waals surface area contributed by atoms with Crippen molar-refractivity contribution in [3.8, 4) is 5.75 Å². The summed E-state index contributed by atoms with van der Waals surface area (Å²) in [5, 5.41) is 6.83. The molecule has 1 unspecified atom stereocenters. The minimum Gasteiger partial charge on any atom is -0.497 e. The second-order valence-electron chi connectivity index (χ2n) is 7.63. The number of guanidine groups is 1. The van der Waals surface area contributed by atoms with Gasteiger partial charge in [0.1, 0.15) is 5.75 Å². The van der Waals surface area contributed by atoms with E-state index in [1.807, 2.05) is 6.07 Å². The van der Waals surface area contributed by atoms with Crippen LogP contribution >= 0.6 is 24.0 Å². The second kappa shape index (κ2) is 11.0. The molecule has 1 atom stereocenters. The van der Waals surface area contributed by atoms with E-state index in [1.165, 1.54) is 18.4 Å². The van der Waals surface area contributed by atoms with E-state index in [1.54, 1.807) is 7.11 Å². The average Bonchev–Trinajstić information content (AvgIpc) is 3.08. The molecule has 0 amide bonds. The molecular weight excluding hydrogens is 439 g/mol. The summed E-state index contributed by atoms with van der Waals surface area (Å²) in [5.41, 5.74) is 1.26. The van der Waals surface area contributed by atoms with Crippen LogP contribution in [0.25, 0.3) is 0 Å². The van der Waals surface area contributed by atoms with Crippen molar-refractivity contribution in [2.75, 3.05) is 33.3 Å². The Hall–Kier alpha value is -1.02. The molecule has 1 fully saturated rings. The molecular formula is C20H35IN4O. The lowest BCUT2D eigenvalue weighted by Gasteiger charge is -2.28. The first-order chi connectivity index (χ1) is 11.9. The molecule has 1 aliphatic heterocycles. The summed E-state index contributed by atoms with van der Waals surface area (Å²) in [6, 6.07) is 8.68. The fourth-order valence-electron chi connectivity index (χ4n) is 3.17. The van der Waals surface area contributed by atoms with Gasteiger partial charge < -0.3 is 15.4 Å². The minimum absolute atomic E-state index is 0. The van der Waals surface area contributed by atoms with Crippen LogP contribution < -0.4 is 15.4 Å². The van der Waals surface area contributed by atoms with Gasteiger partial charge in [-0.05, 0) is 71.3 Å². The smallest absolute Gasteiger partial charge is 0.191 e. The van der Waals surface area contributed by atoms with Crippen LogP contribution in [0.15, 0.2) is 29.3 Å². The molecule has 1 aromatic carbocycles. The van der Waals surface area contributed by atoms with Gasteiger partial charge in [0, 0.05) is 12.1 Å². The topological polar surface area (TPSA) is 48.9 Å². The molecule has 1 saturated heterocycles. The van der Waals surface area contributed by atoms with Crippen LogP contribution in [0.5, 0.6) is 5.75 Å². The predicted octanol–water partition coefficient (Wildman–Crippen LogP) is 3.80. The number of ether oxygens (including phenoxy) is 1. The highest BCUT2D eigenvalue weighted by molar-refractivity contribution is 14.0. The number of hydrogen-bond acceptors (Lipinski definition) is 3. The van der Waals surface area contributed by atoms with Gasteiger partial charge in [-0.1, -0.05) is 12.1 Å². The van der Waals surface area contributed by atoms with Crippen molar-refractivity contribution in [1.82, 2.24) is 15.5 Å². The van der Waals surface area contributed by atoms with E-state index in [9.17, 15) is 0 Å². The zero-order valence-corrected chi connectivity index (χ0v) is 19.2. The van der Waals surface area contributed by atoms with Crippen molar-refractivity contribution < 1.29 is 4.74 Å². The van der Waals surface area contributed by atoms with E-state index < -0.39 is 0 Å². The van der Waals surface area contributed by atoms with Crippen LogP contribution in [-0.2, 0) is 0 Å². The Morgan fingerprint density at radius 2 is 1.96 bits per heavy atom. The number of hydrogen-bond donors (Lipinski definition) is 2. The minimum atomic E-state index is -0.0138. The fourth-order valence-corrected chi connectivity index (χ4v) is 3.17. The van der Waals surface area contributed by atoms with E-state index in [0.29, 0.717) is 0 Å². The maximum absolute atomic E-state index is 5.42. The van der Waals surface area contributed by atoms with Crippen molar-refractivity contribution in [3.05, 3.63) is 29.8 Å². The van der Waals surface area contributed by atoms with E-state index in [4.69, 9.17) is 9.73 Å². The number of likely N-dealkylation sites (tertiary alicyclic amines) is 1. The molecule has 2 N–H and O–H groups in total. The first-order valence-electron chi connectivity index (χ1n) is 9.37. The monoisotopic (exact) mass is 474 g/mol. The Labute approximate surface area is 176 Å². The molecule has 0 spiro atoms. The maximum Gasteiger partial charge on any atom is 0.191 e. The third-order valence-corrected chi connectivity index (χ3v) is 4.32. The molecule has 0 saturated carbocycles. The molecule has 1 aliphatic rings. The Morgan fingerprint density at radius 3 is 2.54 bits per heavy atom. The molecule has 0 radical (unpaired) electrons. The quantitative estimate of drug-likeness (QED) is 0.374. The summed E-state index contributed by atoms with van der Waals surface area (Å²) in [6.07, 6.45) is 2.54. The highest BCUT2D eigenvalue weighted by Crippen LogP contribution is 2.27. The Morgan fingerprint density at radius 1 is 1.27 bits per heavy atom. The highest BCUT2D eigenvalue weighted by Gasteiger charge is 2.24. The highest BCUT2D eigenvalue weighted by atomic mass is 127. The lowest BCUT2D eigenvalue weighted by Crippen LogP contribution is -2.48. The van der Waals surface area contributed by atoms with Crippen LogP contribution in [0, 0.1) is 0 Å². The fraction of sp³-hybridized carbons (Fsp3) is 0.650. The van der Waals surface area contributed by atoms with Gasteiger partial charge in [0.05, 0.1) is 19.7 Å². The van der Waals surface area contributed by atoms with Gasteiger partial charge in [-0.2, -0.15) is 0 Å². The first kappa shape index (κ1) is 23.0. The van der Waals surface area contributed by atoms with Gasteiger partial charge in [-0.3, -0.25) is 9.89 Å². The lowest BCUT2D eigenvalue weighted by molar-refractivity contribution is 0.251. The van der Waals surface area contributed by atoms with Crippen molar-refractivity contribution in [1.29, 1.82) is 0 Å². The number of rotatable bonds is 6. The van der Waals surface area contributed by atoms with Gasteiger partial charge in [-0.25, -0.2) is 0 Å². The molecule has 0 aromatic heterocycles. The van der Waals surface area contributed by atoms with Crippen molar-refractivity contribution in [2.24, 2.45) is 4.99 Å². The van der Waals surface area contributed by atoms with E-state index in [0.717, 1.165) is 37.9 Å². The zero-order valence-electron chi connectivity index (χ0n) is 16.8. The first-order valence-corrected chi connectivity index (χ1v) is 9.37. The van der Waals surface area contributed by atoms with Crippen LogP contribution in [0.2, 0.25) is 0 Å². The third-order valence-electron chi connectivity index (χ3n) is 4.32. The van der Waals surface area contributed by atoms with E-state index in [2.05, 4.69) is 61.4 Å². The maximum atomic E-state index is 5.42. The molecule has 2 rings (SSSR count). The number of aliphatic imine (C=N–C) groups is 1. The van der Waals surface area contributed by atoms with Crippen LogP contribution in [0.3, 0.4) is 0 Å². The second-order valence-corrected chi connectivity index (χ2v) is 7.63. The van der Waals surface area contributed by atoms with Crippen molar-refractivity contribution in [3.63, 3.8) is 0 Å². The molecule has 1 heterocycles. The molecule has 26 heavy (non-hydrogen) atoms. The van der Waals surface area contributed by atoms with Crippen LogP contribution in [0.4, 0.5) is 0 Å². The Kier molecular flexibility index (Phi) is 9.71. The average molecular weight is 474 g/mol. The van der Waals surface area contributed by atoms with E-state index in [-0.39, 0.29) is 35.6 Å². The number of nitrogens with one attached hydrogen (secondary N) is 2. The standard InChI is InChI=1S/C20H34N4O.HI/c1-6-21-19(23-20(2,3)4)22-15-18(24-12-7-8-13-24)16-10-9-11-17(14-16)25-5;/h9-11,14,18H,6-8,12-13,15H2,1-5H3,(H2,21,22,23);1H. The van der Waals surface area contributed by atoms with Crippen LogP contribution in [-0.4, -0.2) is 49.7 Å². The van der Waals surface area contributed by atoms with Gasteiger partial charge in [0.15, 0.2) is 5.96 Å². The summed E-state index contributed by atoms with van der Waals surface area (Å²) in [6.45, 7) is 12.4. The third kappa shape index (κ3) is 7.31. The molecule has 148 valence electrons. The predicted molar refractivity (Wildman–Crippen MR) is 121 cm³/mol. The number of halogens is 1. The Bertz CT molecular complexity index is 565. The molecule has 1 aromatic rings. The normalized spacial score (nSPS) is 16.7. The SMILES string of the molecule is CCNC(=NCC(c1cccc(OC)c1)N1CCCC1)NC(C)(C)C.I. The summed E-state index contributed by atoms with van der Waals surface area (Å²) < 4.78 is 5.42. The summed E-state index contributed by atoms with van der Waals surface area (Å²) in [7, 11) is 1.72. The largest absolute Gasteiger partial charge is 0.497 e. The zero-order chi connectivity index (χ0) is 18.3. The summed E-state index contributed by atoms with van der Waals surface area (Å²) >= 11 is 0. The number of nitrogens with zero attached hydrogens (tertiary/aromatic N) is 2. The van der Waals surface area contributed by atoms with Gasteiger partial charge in [0.25, 0.3) is 0 Å². The van der Waals surface area contributed by atoms with Crippen molar-refractivity contribution in [2.45, 2.75) is 52.1 Å². The van der Waals surface area contributed by atoms with Gasteiger partial charge >= 0.3 is 0 Å². The molecule has 0 aliphatic carbocycles. The lowest BCUT2D eigenvalue weighted by atomic mass is 10.1. The summed E-state index contributed by atoms with van der Waals surface area (Å²) in [4.78, 5) is 7.43. The van der Waals surface area contributed by atoms with E-state index >= 15 is 0 Å².